The van der Waals surface area contributed by atoms with Crippen molar-refractivity contribution in [1.82, 2.24) is 0 Å². The van der Waals surface area contributed by atoms with E-state index in [0.29, 0.717) is 0 Å². The predicted molar refractivity (Wildman–Crippen MR) is 72.8 cm³/mol. The molecule has 3 nitrogen and oxygen atoms in total. The normalized spacial score (nSPS) is 23.6. The van der Waals surface area contributed by atoms with Gasteiger partial charge in [0.2, 0.25) is 0 Å². The highest BCUT2D eigenvalue weighted by Crippen LogP contribution is 2.31. The first kappa shape index (κ1) is 12.9. The van der Waals surface area contributed by atoms with Crippen LogP contribution < -0.4 is 4.90 Å². The van der Waals surface area contributed by atoms with Crippen molar-refractivity contribution in [3.8, 4) is 0 Å². The summed E-state index contributed by atoms with van der Waals surface area (Å²) in [5.74, 6) is -0.507. The van der Waals surface area contributed by atoms with E-state index < -0.39 is 5.97 Å². The molecule has 2 atom stereocenters. The number of anilines is 1. The molecule has 1 saturated carbocycles. The Kier molecular flexibility index (Phi) is 4.24. The van der Waals surface area contributed by atoms with Crippen LogP contribution >= 0.6 is 0 Å². The Morgan fingerprint density at radius 3 is 2.61 bits per heavy atom. The van der Waals surface area contributed by atoms with Gasteiger partial charge in [0.05, 0.1) is 5.92 Å². The highest BCUT2D eigenvalue weighted by molar-refractivity contribution is 5.70. The van der Waals surface area contributed by atoms with E-state index >= 15 is 0 Å². The van der Waals surface area contributed by atoms with Crippen LogP contribution in [0.4, 0.5) is 5.69 Å². The molecule has 1 aromatic carbocycles. The van der Waals surface area contributed by atoms with E-state index in [4.69, 9.17) is 0 Å². The summed E-state index contributed by atoms with van der Waals surface area (Å²) in [6.07, 6.45) is 4.09. The van der Waals surface area contributed by atoms with Crippen LogP contribution in [-0.4, -0.2) is 24.7 Å². The third-order valence-electron chi connectivity index (χ3n) is 3.93. The summed E-state index contributed by atoms with van der Waals surface area (Å²) in [4.78, 5) is 13.4. The van der Waals surface area contributed by atoms with Crippen LogP contribution in [0.15, 0.2) is 30.3 Å². The fraction of sp³-hybridized carbons (Fsp3) is 0.533. The summed E-state index contributed by atoms with van der Waals surface area (Å²) in [5.41, 5.74) is 1.16. The summed E-state index contributed by atoms with van der Waals surface area (Å²) >= 11 is 0. The molecule has 1 fully saturated rings. The summed E-state index contributed by atoms with van der Waals surface area (Å²) < 4.78 is 0. The highest BCUT2D eigenvalue weighted by atomic mass is 16.4. The maximum Gasteiger partial charge on any atom is 0.306 e. The van der Waals surface area contributed by atoms with E-state index in [0.717, 1.165) is 37.9 Å². The average molecular weight is 247 g/mol. The van der Waals surface area contributed by atoms with Gasteiger partial charge in [0.1, 0.15) is 0 Å². The van der Waals surface area contributed by atoms with Crippen molar-refractivity contribution in [1.29, 1.82) is 0 Å². The number of rotatable bonds is 4. The topological polar surface area (TPSA) is 40.5 Å². The Balaban J connectivity index is 2.01. The molecule has 1 N–H and O–H groups in total. The quantitative estimate of drug-likeness (QED) is 0.889. The van der Waals surface area contributed by atoms with Gasteiger partial charge < -0.3 is 10.0 Å². The van der Waals surface area contributed by atoms with Gasteiger partial charge in [-0.15, -0.1) is 0 Å². The minimum absolute atomic E-state index is 0.162. The second-order valence-corrected chi connectivity index (χ2v) is 5.21. The third-order valence-corrected chi connectivity index (χ3v) is 3.93. The van der Waals surface area contributed by atoms with Crippen LogP contribution in [0.2, 0.25) is 0 Å². The lowest BCUT2D eigenvalue weighted by molar-refractivity contribution is -0.144. The molecule has 0 aromatic heterocycles. The van der Waals surface area contributed by atoms with Gasteiger partial charge in [-0.25, -0.2) is 0 Å². The van der Waals surface area contributed by atoms with Crippen LogP contribution in [0, 0.1) is 11.8 Å². The van der Waals surface area contributed by atoms with E-state index in [1.165, 1.54) is 0 Å². The van der Waals surface area contributed by atoms with Crippen LogP contribution in [0.25, 0.3) is 0 Å². The smallest absolute Gasteiger partial charge is 0.306 e. The number of para-hydroxylation sites is 1. The van der Waals surface area contributed by atoms with Crippen molar-refractivity contribution in [3.63, 3.8) is 0 Å². The van der Waals surface area contributed by atoms with Gasteiger partial charge in [-0.2, -0.15) is 0 Å². The van der Waals surface area contributed by atoms with Crippen LogP contribution in [0.5, 0.6) is 0 Å². The molecule has 0 unspecified atom stereocenters. The molecule has 3 heteroatoms. The second-order valence-electron chi connectivity index (χ2n) is 5.21. The number of nitrogens with zero attached hydrogens (tertiary/aromatic N) is 1. The fourth-order valence-corrected chi connectivity index (χ4v) is 2.89. The Morgan fingerprint density at radius 1 is 1.28 bits per heavy atom. The molecule has 0 aliphatic heterocycles. The molecule has 0 amide bonds. The first-order chi connectivity index (χ1) is 8.68. The Hall–Kier alpha value is -1.51. The standard InChI is InChI=1S/C15H21NO2/c1-16(13-8-3-2-4-9-13)11-12-7-5-6-10-14(12)15(17)18/h2-4,8-9,12,14H,5-7,10-11H2,1H3,(H,17,18)/t12-,14-/m0/s1. The van der Waals surface area contributed by atoms with E-state index in [9.17, 15) is 9.90 Å². The van der Waals surface area contributed by atoms with Gasteiger partial charge in [0.15, 0.2) is 0 Å². The van der Waals surface area contributed by atoms with E-state index in [1.807, 2.05) is 25.2 Å². The maximum absolute atomic E-state index is 11.3. The summed E-state index contributed by atoms with van der Waals surface area (Å²) in [7, 11) is 2.04. The molecular formula is C15H21NO2. The molecule has 18 heavy (non-hydrogen) atoms. The SMILES string of the molecule is CN(C[C@@H]1CCCC[C@@H]1C(=O)O)c1ccccc1. The minimum atomic E-state index is -0.624. The molecule has 98 valence electrons. The van der Waals surface area contributed by atoms with Crippen molar-refractivity contribution in [2.24, 2.45) is 11.8 Å². The van der Waals surface area contributed by atoms with Crippen molar-refractivity contribution in [2.75, 3.05) is 18.5 Å². The minimum Gasteiger partial charge on any atom is -0.481 e. The van der Waals surface area contributed by atoms with Gasteiger partial charge in [0.25, 0.3) is 0 Å². The zero-order valence-corrected chi connectivity index (χ0v) is 10.9. The Bertz CT molecular complexity index is 391. The molecule has 0 radical (unpaired) electrons. The Morgan fingerprint density at radius 2 is 1.94 bits per heavy atom. The molecule has 2 rings (SSSR count). The number of hydrogen-bond donors (Lipinski definition) is 1. The molecule has 0 heterocycles. The number of carboxylic acid groups (broad SMARTS) is 1. The highest BCUT2D eigenvalue weighted by Gasteiger charge is 2.31. The first-order valence-electron chi connectivity index (χ1n) is 6.67. The number of carboxylic acids is 1. The molecule has 0 spiro atoms. The zero-order valence-electron chi connectivity index (χ0n) is 10.9. The lowest BCUT2D eigenvalue weighted by Gasteiger charge is -2.32. The molecule has 0 saturated heterocycles. The molecule has 1 aliphatic rings. The van der Waals surface area contributed by atoms with Gasteiger partial charge in [-0.1, -0.05) is 31.0 Å². The van der Waals surface area contributed by atoms with Crippen LogP contribution in [-0.2, 0) is 4.79 Å². The van der Waals surface area contributed by atoms with Crippen molar-refractivity contribution in [3.05, 3.63) is 30.3 Å². The summed E-state index contributed by atoms with van der Waals surface area (Å²) in [6.45, 7) is 0.834. The fourth-order valence-electron chi connectivity index (χ4n) is 2.89. The average Bonchev–Trinajstić information content (AvgIpc) is 2.40. The van der Waals surface area contributed by atoms with Gasteiger partial charge in [-0.05, 0) is 30.9 Å². The second kappa shape index (κ2) is 5.89. The maximum atomic E-state index is 11.3. The monoisotopic (exact) mass is 247 g/mol. The predicted octanol–water partition coefficient (Wildman–Crippen LogP) is 3.01. The van der Waals surface area contributed by atoms with Gasteiger partial charge >= 0.3 is 5.97 Å². The lowest BCUT2D eigenvalue weighted by atomic mass is 9.79. The van der Waals surface area contributed by atoms with E-state index in [-0.39, 0.29) is 11.8 Å². The van der Waals surface area contributed by atoms with E-state index in [2.05, 4.69) is 17.0 Å². The molecule has 0 bridgehead atoms. The zero-order chi connectivity index (χ0) is 13.0. The largest absolute Gasteiger partial charge is 0.481 e. The van der Waals surface area contributed by atoms with Crippen LogP contribution in [0.1, 0.15) is 25.7 Å². The Labute approximate surface area is 108 Å². The first-order valence-corrected chi connectivity index (χ1v) is 6.67. The number of hydrogen-bond acceptors (Lipinski definition) is 2. The van der Waals surface area contributed by atoms with Crippen molar-refractivity contribution in [2.45, 2.75) is 25.7 Å². The van der Waals surface area contributed by atoms with Crippen molar-refractivity contribution < 1.29 is 9.90 Å². The molecule has 1 aromatic rings. The van der Waals surface area contributed by atoms with Gasteiger partial charge in [0, 0.05) is 19.3 Å². The van der Waals surface area contributed by atoms with E-state index in [1.54, 1.807) is 0 Å². The molecule has 1 aliphatic carbocycles. The summed E-state index contributed by atoms with van der Waals surface area (Å²) in [5, 5.41) is 9.27. The molecular weight excluding hydrogens is 226 g/mol. The third kappa shape index (κ3) is 3.03. The number of carbonyl (C=O) groups is 1. The number of aliphatic carboxylic acids is 1. The number of benzene rings is 1. The van der Waals surface area contributed by atoms with Crippen LogP contribution in [0.3, 0.4) is 0 Å². The van der Waals surface area contributed by atoms with Gasteiger partial charge in [-0.3, -0.25) is 4.79 Å². The summed E-state index contributed by atoms with van der Waals surface area (Å²) in [6, 6.07) is 10.2. The van der Waals surface area contributed by atoms with Crippen molar-refractivity contribution >= 4 is 11.7 Å². The lowest BCUT2D eigenvalue weighted by Crippen LogP contribution is -2.35.